The zero-order chi connectivity index (χ0) is 25.4. The summed E-state index contributed by atoms with van der Waals surface area (Å²) in [4.78, 5) is 16.7. The molecule has 2 aromatic heterocycles. The van der Waals surface area contributed by atoms with Crippen LogP contribution < -0.4 is 11.1 Å². The number of benzene rings is 1. The molecule has 2 heterocycles. The third-order valence-corrected chi connectivity index (χ3v) is 5.90. The lowest BCUT2D eigenvalue weighted by molar-refractivity contribution is 0.0743. The SMILES string of the molecule is C#C.C[C@H](O)[C@H](F)[C@H](N)CCCc1c(NC(=O)c2csc(-c3c(F)cccc3F)n2)cnn1C. The predicted octanol–water partition coefficient (Wildman–Crippen LogP) is 3.69. The standard InChI is InChI=1S/C21H24F3N5O2S.C2H2/c1-11(30)19(24)14(25)7-4-8-17-15(9-26-29(17)2)27-20(31)16-10-32-21(28-16)18-12(22)5-3-6-13(18)23;1-2/h3,5-6,9-11,14,19,30H,4,7-8,25H2,1-2H3,(H,27,31);1-2H/t11-,14+,19-;/m0./s1. The number of rotatable bonds is 9. The number of amides is 1. The van der Waals surface area contributed by atoms with Gasteiger partial charge in [0.05, 0.1) is 29.2 Å². The molecular weight excluding hydrogens is 467 g/mol. The minimum atomic E-state index is -1.51. The summed E-state index contributed by atoms with van der Waals surface area (Å²) >= 11 is 0.959. The number of alkyl halides is 1. The second kappa shape index (κ2) is 12.3. The maximum absolute atomic E-state index is 14.0. The Hall–Kier alpha value is -3.20. The summed E-state index contributed by atoms with van der Waals surface area (Å²) in [7, 11) is 1.71. The minimum Gasteiger partial charge on any atom is -0.390 e. The van der Waals surface area contributed by atoms with Gasteiger partial charge in [0.2, 0.25) is 0 Å². The van der Waals surface area contributed by atoms with Crippen molar-refractivity contribution in [3.8, 4) is 23.4 Å². The first-order valence-corrected chi connectivity index (χ1v) is 11.2. The van der Waals surface area contributed by atoms with E-state index in [4.69, 9.17) is 5.73 Å². The second-order valence-corrected chi connectivity index (χ2v) is 8.32. The zero-order valence-electron chi connectivity index (χ0n) is 18.7. The van der Waals surface area contributed by atoms with Gasteiger partial charge < -0.3 is 16.2 Å². The summed E-state index contributed by atoms with van der Waals surface area (Å²) in [5.41, 5.74) is 6.66. The zero-order valence-corrected chi connectivity index (χ0v) is 19.5. The van der Waals surface area contributed by atoms with Crippen LogP contribution in [-0.2, 0) is 13.5 Å². The Kier molecular flexibility index (Phi) is 9.80. The number of halogens is 3. The number of thiazole rings is 1. The summed E-state index contributed by atoms with van der Waals surface area (Å²) in [6.07, 6.45) is 8.15. The van der Waals surface area contributed by atoms with E-state index in [9.17, 15) is 23.1 Å². The summed E-state index contributed by atoms with van der Waals surface area (Å²) < 4.78 is 43.3. The van der Waals surface area contributed by atoms with E-state index in [0.29, 0.717) is 30.6 Å². The predicted molar refractivity (Wildman–Crippen MR) is 126 cm³/mol. The summed E-state index contributed by atoms with van der Waals surface area (Å²) in [6, 6.07) is 2.71. The molecule has 0 aliphatic rings. The number of carbonyl (C=O) groups excluding carboxylic acids is 1. The molecule has 0 saturated carbocycles. The molecule has 0 aliphatic carbocycles. The minimum absolute atomic E-state index is 0.0154. The summed E-state index contributed by atoms with van der Waals surface area (Å²) in [5.74, 6) is -2.07. The van der Waals surface area contributed by atoms with Crippen LogP contribution in [0.3, 0.4) is 0 Å². The van der Waals surface area contributed by atoms with Gasteiger partial charge in [-0.05, 0) is 38.3 Å². The maximum atomic E-state index is 14.0. The number of aliphatic hydroxyl groups is 1. The van der Waals surface area contributed by atoms with Crippen LogP contribution in [-0.4, -0.2) is 44.1 Å². The molecule has 3 atom stereocenters. The fourth-order valence-electron chi connectivity index (χ4n) is 3.27. The molecule has 4 N–H and O–H groups in total. The fourth-order valence-corrected chi connectivity index (χ4v) is 4.11. The smallest absolute Gasteiger partial charge is 0.275 e. The fraction of sp³-hybridized carbons (Fsp3) is 0.348. The first-order chi connectivity index (χ1) is 16.2. The average Bonchev–Trinajstić information content (AvgIpc) is 3.42. The molecule has 3 aromatic rings. The van der Waals surface area contributed by atoms with Gasteiger partial charge in [0, 0.05) is 18.5 Å². The number of aliphatic hydroxyl groups excluding tert-OH is 1. The van der Waals surface area contributed by atoms with Crippen LogP contribution in [0.1, 0.15) is 35.9 Å². The van der Waals surface area contributed by atoms with E-state index >= 15 is 0 Å². The van der Waals surface area contributed by atoms with Crippen LogP contribution in [0.15, 0.2) is 29.8 Å². The van der Waals surface area contributed by atoms with Crippen molar-refractivity contribution in [1.29, 1.82) is 0 Å². The van der Waals surface area contributed by atoms with Gasteiger partial charge in [0.1, 0.15) is 28.5 Å². The first-order valence-electron chi connectivity index (χ1n) is 10.3. The van der Waals surface area contributed by atoms with Crippen LogP contribution in [0, 0.1) is 24.5 Å². The number of carbonyl (C=O) groups is 1. The van der Waals surface area contributed by atoms with Crippen molar-refractivity contribution >= 4 is 22.9 Å². The van der Waals surface area contributed by atoms with Gasteiger partial charge in [-0.25, -0.2) is 18.2 Å². The number of nitrogens with one attached hydrogen (secondary N) is 1. The second-order valence-electron chi connectivity index (χ2n) is 7.46. The van der Waals surface area contributed by atoms with E-state index < -0.39 is 35.9 Å². The Morgan fingerprint density at radius 3 is 2.59 bits per heavy atom. The van der Waals surface area contributed by atoms with Gasteiger partial charge in [-0.1, -0.05) is 6.07 Å². The molecule has 182 valence electrons. The van der Waals surface area contributed by atoms with Crippen molar-refractivity contribution in [2.75, 3.05) is 5.32 Å². The summed E-state index contributed by atoms with van der Waals surface area (Å²) in [6.45, 7) is 1.35. The highest BCUT2D eigenvalue weighted by molar-refractivity contribution is 7.13. The van der Waals surface area contributed by atoms with Gasteiger partial charge in [0.15, 0.2) is 0 Å². The van der Waals surface area contributed by atoms with Crippen molar-refractivity contribution in [2.24, 2.45) is 12.8 Å². The molecule has 0 aliphatic heterocycles. The highest BCUT2D eigenvalue weighted by atomic mass is 32.1. The van der Waals surface area contributed by atoms with Gasteiger partial charge in [-0.2, -0.15) is 5.10 Å². The van der Waals surface area contributed by atoms with Gasteiger partial charge in [0.25, 0.3) is 5.91 Å². The average molecular weight is 494 g/mol. The number of terminal acetylenes is 1. The molecule has 0 unspecified atom stereocenters. The maximum Gasteiger partial charge on any atom is 0.275 e. The van der Waals surface area contributed by atoms with E-state index in [0.717, 1.165) is 23.5 Å². The van der Waals surface area contributed by atoms with E-state index in [1.165, 1.54) is 24.6 Å². The molecule has 0 saturated heterocycles. The van der Waals surface area contributed by atoms with E-state index in [2.05, 4.69) is 28.2 Å². The molecule has 1 amide bonds. The topological polar surface area (TPSA) is 106 Å². The molecular formula is C23H26F3N5O2S. The van der Waals surface area contributed by atoms with Crippen LogP contribution >= 0.6 is 11.3 Å². The van der Waals surface area contributed by atoms with Crippen LogP contribution in [0.25, 0.3) is 10.6 Å². The Morgan fingerprint density at radius 1 is 1.32 bits per heavy atom. The highest BCUT2D eigenvalue weighted by Crippen LogP contribution is 2.29. The van der Waals surface area contributed by atoms with Crippen LogP contribution in [0.2, 0.25) is 0 Å². The molecule has 0 fully saturated rings. The lowest BCUT2D eigenvalue weighted by atomic mass is 10.0. The van der Waals surface area contributed by atoms with Crippen molar-refractivity contribution in [3.05, 3.63) is 52.8 Å². The molecule has 34 heavy (non-hydrogen) atoms. The normalized spacial score (nSPS) is 13.4. The number of hydrogen-bond donors (Lipinski definition) is 3. The lowest BCUT2D eigenvalue weighted by Gasteiger charge is -2.19. The Labute approximate surface area is 199 Å². The molecule has 1 aromatic carbocycles. The monoisotopic (exact) mass is 493 g/mol. The number of hydrogen-bond acceptors (Lipinski definition) is 6. The molecule has 0 spiro atoms. The molecule has 0 radical (unpaired) electrons. The van der Waals surface area contributed by atoms with E-state index in [-0.39, 0.29) is 16.3 Å². The molecule has 7 nitrogen and oxygen atoms in total. The number of nitrogens with two attached hydrogens (primary N) is 1. The van der Waals surface area contributed by atoms with Crippen LogP contribution in [0.4, 0.5) is 18.9 Å². The van der Waals surface area contributed by atoms with Crippen molar-refractivity contribution in [3.63, 3.8) is 0 Å². The first kappa shape index (κ1) is 27.0. The number of aromatic nitrogens is 3. The van der Waals surface area contributed by atoms with Crippen molar-refractivity contribution < 1.29 is 23.1 Å². The third-order valence-electron chi connectivity index (χ3n) is 5.04. The van der Waals surface area contributed by atoms with Crippen molar-refractivity contribution in [1.82, 2.24) is 14.8 Å². The molecule has 3 rings (SSSR count). The number of nitrogens with zero attached hydrogens (tertiary/aromatic N) is 3. The molecule has 11 heteroatoms. The Bertz CT molecular complexity index is 1110. The van der Waals surface area contributed by atoms with Gasteiger partial charge >= 0.3 is 0 Å². The molecule has 0 bridgehead atoms. The Balaban J connectivity index is 0.00000199. The van der Waals surface area contributed by atoms with Crippen LogP contribution in [0.5, 0.6) is 0 Å². The highest BCUT2D eigenvalue weighted by Gasteiger charge is 2.22. The Morgan fingerprint density at radius 2 is 1.97 bits per heavy atom. The summed E-state index contributed by atoms with van der Waals surface area (Å²) in [5, 5.41) is 17.6. The van der Waals surface area contributed by atoms with Gasteiger partial charge in [-0.3, -0.25) is 9.48 Å². The largest absolute Gasteiger partial charge is 0.390 e. The third kappa shape index (κ3) is 6.44. The lowest BCUT2D eigenvalue weighted by Crippen LogP contribution is -2.38. The number of aryl methyl sites for hydroxylation is 1. The van der Waals surface area contributed by atoms with E-state index in [1.807, 2.05) is 0 Å². The van der Waals surface area contributed by atoms with Gasteiger partial charge in [-0.15, -0.1) is 24.2 Å². The van der Waals surface area contributed by atoms with E-state index in [1.54, 1.807) is 11.7 Å². The number of anilines is 1. The van der Waals surface area contributed by atoms with Crippen molar-refractivity contribution in [2.45, 2.75) is 44.5 Å². The quantitative estimate of drug-likeness (QED) is 0.394.